The number of aldehydes is 1. The van der Waals surface area contributed by atoms with Gasteiger partial charge in [-0.1, -0.05) is 0 Å². The highest BCUT2D eigenvalue weighted by atomic mass is 19.1. The lowest BCUT2D eigenvalue weighted by Gasteiger charge is -2.20. The molecule has 20 heavy (non-hydrogen) atoms. The molecular weight excluding hydrogens is 255 g/mol. The highest BCUT2D eigenvalue weighted by Crippen LogP contribution is 2.26. The van der Waals surface area contributed by atoms with E-state index in [0.29, 0.717) is 5.57 Å². The first-order valence-corrected chi connectivity index (χ1v) is 6.16. The van der Waals surface area contributed by atoms with Gasteiger partial charge in [0.05, 0.1) is 5.70 Å². The number of pyridine rings is 1. The van der Waals surface area contributed by atoms with Gasteiger partial charge in [-0.15, -0.1) is 0 Å². The Morgan fingerprint density at radius 3 is 2.15 bits per heavy atom. The standard InChI is InChI=1S/C16H15FN2O/c1-19(2)16(13-3-5-14(17)6-4-13)15(11-20)12-7-9-18-10-8-12/h3-11H,1-2H3. The van der Waals surface area contributed by atoms with Crippen molar-refractivity contribution in [3.8, 4) is 0 Å². The summed E-state index contributed by atoms with van der Waals surface area (Å²) in [6.07, 6.45) is 4.08. The van der Waals surface area contributed by atoms with Crippen LogP contribution in [0.1, 0.15) is 11.1 Å². The molecule has 1 heterocycles. The van der Waals surface area contributed by atoms with Crippen LogP contribution in [-0.4, -0.2) is 30.3 Å². The van der Waals surface area contributed by atoms with Crippen molar-refractivity contribution in [1.82, 2.24) is 9.88 Å². The lowest BCUT2D eigenvalue weighted by Crippen LogP contribution is -2.13. The maximum Gasteiger partial charge on any atom is 0.152 e. The minimum atomic E-state index is -0.302. The number of benzene rings is 1. The first-order chi connectivity index (χ1) is 9.63. The van der Waals surface area contributed by atoms with Crippen molar-refractivity contribution >= 4 is 17.6 Å². The molecule has 0 bridgehead atoms. The zero-order valence-corrected chi connectivity index (χ0v) is 11.4. The quantitative estimate of drug-likeness (QED) is 0.632. The minimum Gasteiger partial charge on any atom is -0.377 e. The van der Waals surface area contributed by atoms with Crippen LogP contribution in [0, 0.1) is 5.82 Å². The highest BCUT2D eigenvalue weighted by molar-refractivity contribution is 6.16. The molecule has 0 N–H and O–H groups in total. The summed E-state index contributed by atoms with van der Waals surface area (Å²) in [4.78, 5) is 17.3. The fraction of sp³-hybridized carbons (Fsp3) is 0.125. The maximum absolute atomic E-state index is 13.0. The largest absolute Gasteiger partial charge is 0.377 e. The Hall–Kier alpha value is -2.49. The first kappa shape index (κ1) is 13.9. The summed E-state index contributed by atoms with van der Waals surface area (Å²) in [5, 5.41) is 0. The summed E-state index contributed by atoms with van der Waals surface area (Å²) < 4.78 is 13.0. The number of carbonyl (C=O) groups is 1. The van der Waals surface area contributed by atoms with Gasteiger partial charge in [-0.3, -0.25) is 9.78 Å². The molecule has 0 aliphatic heterocycles. The van der Waals surface area contributed by atoms with Crippen molar-refractivity contribution in [3.63, 3.8) is 0 Å². The Bertz CT molecular complexity index is 619. The summed E-state index contributed by atoms with van der Waals surface area (Å²) >= 11 is 0. The van der Waals surface area contributed by atoms with E-state index in [4.69, 9.17) is 0 Å². The predicted octanol–water partition coefficient (Wildman–Crippen LogP) is 2.85. The van der Waals surface area contributed by atoms with Crippen LogP contribution in [0.5, 0.6) is 0 Å². The monoisotopic (exact) mass is 270 g/mol. The average molecular weight is 270 g/mol. The van der Waals surface area contributed by atoms with Crippen LogP contribution < -0.4 is 0 Å². The van der Waals surface area contributed by atoms with Crippen molar-refractivity contribution in [2.45, 2.75) is 0 Å². The second-order valence-electron chi connectivity index (χ2n) is 4.52. The second-order valence-corrected chi connectivity index (χ2v) is 4.52. The Kier molecular flexibility index (Phi) is 4.25. The fourth-order valence-electron chi connectivity index (χ4n) is 2.05. The van der Waals surface area contributed by atoms with Gasteiger partial charge >= 0.3 is 0 Å². The Morgan fingerprint density at radius 2 is 1.65 bits per heavy atom. The number of allylic oxidation sites excluding steroid dienone is 1. The van der Waals surface area contributed by atoms with E-state index in [-0.39, 0.29) is 5.82 Å². The highest BCUT2D eigenvalue weighted by Gasteiger charge is 2.13. The van der Waals surface area contributed by atoms with Crippen LogP contribution in [0.25, 0.3) is 11.3 Å². The minimum absolute atomic E-state index is 0.302. The van der Waals surface area contributed by atoms with Crippen LogP contribution in [0.15, 0.2) is 48.8 Å². The molecule has 3 nitrogen and oxygen atoms in total. The lowest BCUT2D eigenvalue weighted by atomic mass is 10.0. The van der Waals surface area contributed by atoms with Gasteiger partial charge in [0.15, 0.2) is 6.29 Å². The lowest BCUT2D eigenvalue weighted by molar-refractivity contribution is -0.103. The molecular formula is C16H15FN2O. The molecule has 0 radical (unpaired) electrons. The number of aromatic nitrogens is 1. The molecule has 0 fully saturated rings. The molecule has 4 heteroatoms. The number of hydrogen-bond donors (Lipinski definition) is 0. The third-order valence-electron chi connectivity index (χ3n) is 2.93. The van der Waals surface area contributed by atoms with Crippen molar-refractivity contribution < 1.29 is 9.18 Å². The molecule has 1 aromatic heterocycles. The SMILES string of the molecule is CN(C)C(=C(C=O)c1ccncc1)c1ccc(F)cc1. The van der Waals surface area contributed by atoms with E-state index in [1.807, 2.05) is 19.0 Å². The topological polar surface area (TPSA) is 33.2 Å². The Morgan fingerprint density at radius 1 is 1.05 bits per heavy atom. The van der Waals surface area contributed by atoms with Crippen molar-refractivity contribution in [2.24, 2.45) is 0 Å². The van der Waals surface area contributed by atoms with Gasteiger partial charge in [0.1, 0.15) is 5.82 Å². The van der Waals surface area contributed by atoms with Crippen molar-refractivity contribution in [1.29, 1.82) is 0 Å². The van der Waals surface area contributed by atoms with Crippen molar-refractivity contribution in [2.75, 3.05) is 14.1 Å². The van der Waals surface area contributed by atoms with Gasteiger partial charge in [0.25, 0.3) is 0 Å². The molecule has 2 aromatic rings. The van der Waals surface area contributed by atoms with E-state index in [2.05, 4.69) is 4.98 Å². The molecule has 0 saturated carbocycles. The summed E-state index contributed by atoms with van der Waals surface area (Å²) in [5.41, 5.74) is 2.86. The molecule has 2 rings (SSSR count). The third kappa shape index (κ3) is 2.91. The predicted molar refractivity (Wildman–Crippen MR) is 77.2 cm³/mol. The molecule has 0 saturated heterocycles. The van der Waals surface area contributed by atoms with E-state index in [1.54, 1.807) is 36.7 Å². The number of hydrogen-bond acceptors (Lipinski definition) is 3. The van der Waals surface area contributed by atoms with Crippen LogP contribution in [0.4, 0.5) is 4.39 Å². The van der Waals surface area contributed by atoms with Crippen LogP contribution in [-0.2, 0) is 4.79 Å². The third-order valence-corrected chi connectivity index (χ3v) is 2.93. The number of nitrogens with zero attached hydrogens (tertiary/aromatic N) is 2. The van der Waals surface area contributed by atoms with E-state index < -0.39 is 0 Å². The van der Waals surface area contributed by atoms with Gasteiger partial charge in [-0.05, 0) is 47.5 Å². The summed E-state index contributed by atoms with van der Waals surface area (Å²) in [5.74, 6) is -0.302. The molecule has 0 aliphatic rings. The van der Waals surface area contributed by atoms with Crippen LogP contribution >= 0.6 is 0 Å². The smallest absolute Gasteiger partial charge is 0.152 e. The molecule has 0 spiro atoms. The molecule has 1 aromatic carbocycles. The second kappa shape index (κ2) is 6.10. The number of carbonyl (C=O) groups excluding carboxylic acids is 1. The van der Waals surface area contributed by atoms with Crippen LogP contribution in [0.3, 0.4) is 0 Å². The Labute approximate surface area is 117 Å². The summed E-state index contributed by atoms with van der Waals surface area (Å²) in [7, 11) is 3.70. The van der Waals surface area contributed by atoms with Gasteiger partial charge in [0, 0.05) is 32.1 Å². The summed E-state index contributed by atoms with van der Waals surface area (Å²) in [6.45, 7) is 0. The van der Waals surface area contributed by atoms with E-state index in [1.165, 1.54) is 12.1 Å². The Balaban J connectivity index is 2.63. The van der Waals surface area contributed by atoms with Crippen molar-refractivity contribution in [3.05, 3.63) is 65.7 Å². The van der Waals surface area contributed by atoms with Crippen LogP contribution in [0.2, 0.25) is 0 Å². The number of halogens is 1. The van der Waals surface area contributed by atoms with E-state index in [9.17, 15) is 9.18 Å². The molecule has 0 amide bonds. The normalized spacial score (nSPS) is 11.8. The zero-order valence-electron chi connectivity index (χ0n) is 11.4. The molecule has 0 atom stereocenters. The van der Waals surface area contributed by atoms with Gasteiger partial charge in [0.2, 0.25) is 0 Å². The molecule has 0 aliphatic carbocycles. The maximum atomic E-state index is 13.0. The van der Waals surface area contributed by atoms with Gasteiger partial charge in [-0.25, -0.2) is 4.39 Å². The molecule has 0 unspecified atom stereocenters. The van der Waals surface area contributed by atoms with E-state index >= 15 is 0 Å². The number of rotatable bonds is 4. The molecule has 102 valence electrons. The van der Waals surface area contributed by atoms with Gasteiger partial charge in [-0.2, -0.15) is 0 Å². The average Bonchev–Trinajstić information content (AvgIpc) is 2.46. The van der Waals surface area contributed by atoms with Gasteiger partial charge < -0.3 is 4.90 Å². The van der Waals surface area contributed by atoms with E-state index in [0.717, 1.165) is 23.1 Å². The summed E-state index contributed by atoms with van der Waals surface area (Å²) in [6, 6.07) is 9.64. The first-order valence-electron chi connectivity index (χ1n) is 6.16. The fourth-order valence-corrected chi connectivity index (χ4v) is 2.05. The zero-order chi connectivity index (χ0) is 14.5.